The molecule has 3 aromatic rings. The number of nitrogens with zero attached hydrogens (tertiary/aromatic N) is 2. The number of para-hydroxylation sites is 2. The first-order valence-corrected chi connectivity index (χ1v) is 10.1. The van der Waals surface area contributed by atoms with Gasteiger partial charge in [-0.1, -0.05) is 12.1 Å². The first-order chi connectivity index (χ1) is 15.7. The number of carbonyl (C=O) groups excluding carboxylic acids is 2. The molecule has 4 rings (SSSR count). The Morgan fingerprint density at radius 1 is 1.00 bits per heavy atom. The normalized spacial score (nSPS) is 15.3. The highest BCUT2D eigenvalue weighted by Crippen LogP contribution is 2.33. The SMILES string of the molecule is CCOc1ccccc1OCC(=O)OCC(=O)N1N=C(c2ccco2)CC1c1ccco1. The van der Waals surface area contributed by atoms with Crippen LogP contribution in [0.5, 0.6) is 11.5 Å². The smallest absolute Gasteiger partial charge is 0.344 e. The van der Waals surface area contributed by atoms with Gasteiger partial charge in [0.05, 0.1) is 19.1 Å². The van der Waals surface area contributed by atoms with E-state index in [1.165, 1.54) is 17.5 Å². The Hall–Kier alpha value is -4.01. The van der Waals surface area contributed by atoms with Crippen molar-refractivity contribution in [2.45, 2.75) is 19.4 Å². The van der Waals surface area contributed by atoms with Crippen LogP contribution in [0.4, 0.5) is 0 Å². The molecule has 0 saturated carbocycles. The molecular formula is C23H22N2O7. The van der Waals surface area contributed by atoms with Crippen LogP contribution >= 0.6 is 0 Å². The minimum atomic E-state index is -0.686. The number of esters is 1. The van der Waals surface area contributed by atoms with Gasteiger partial charge < -0.3 is 23.0 Å². The molecule has 3 heterocycles. The van der Waals surface area contributed by atoms with Crippen molar-refractivity contribution >= 4 is 17.6 Å². The van der Waals surface area contributed by atoms with Gasteiger partial charge in [-0.25, -0.2) is 9.80 Å². The van der Waals surface area contributed by atoms with Gasteiger partial charge in [0.2, 0.25) is 0 Å². The Morgan fingerprint density at radius 2 is 1.75 bits per heavy atom. The molecule has 166 valence electrons. The van der Waals surface area contributed by atoms with Gasteiger partial charge in [-0.15, -0.1) is 0 Å². The number of benzene rings is 1. The number of rotatable bonds is 9. The van der Waals surface area contributed by atoms with Gasteiger partial charge >= 0.3 is 5.97 Å². The number of hydrogen-bond donors (Lipinski definition) is 0. The molecule has 1 atom stereocenters. The lowest BCUT2D eigenvalue weighted by molar-refractivity contribution is -0.154. The van der Waals surface area contributed by atoms with Crippen molar-refractivity contribution in [1.29, 1.82) is 0 Å². The molecule has 2 aromatic heterocycles. The van der Waals surface area contributed by atoms with Crippen LogP contribution in [0.2, 0.25) is 0 Å². The second-order valence-corrected chi connectivity index (χ2v) is 6.83. The molecule has 1 aromatic carbocycles. The van der Waals surface area contributed by atoms with Crippen LogP contribution in [-0.2, 0) is 14.3 Å². The second kappa shape index (κ2) is 9.86. The van der Waals surface area contributed by atoms with Crippen molar-refractivity contribution in [3.8, 4) is 11.5 Å². The maximum Gasteiger partial charge on any atom is 0.344 e. The van der Waals surface area contributed by atoms with E-state index in [-0.39, 0.29) is 6.61 Å². The molecule has 9 nitrogen and oxygen atoms in total. The van der Waals surface area contributed by atoms with Gasteiger partial charge in [0, 0.05) is 6.42 Å². The molecule has 1 aliphatic heterocycles. The van der Waals surface area contributed by atoms with Crippen LogP contribution in [-0.4, -0.2) is 42.4 Å². The van der Waals surface area contributed by atoms with E-state index in [1.807, 2.05) is 6.92 Å². The Morgan fingerprint density at radius 3 is 2.44 bits per heavy atom. The zero-order valence-corrected chi connectivity index (χ0v) is 17.4. The predicted octanol–water partition coefficient (Wildman–Crippen LogP) is 3.57. The summed E-state index contributed by atoms with van der Waals surface area (Å²) in [6.07, 6.45) is 3.48. The molecule has 0 aliphatic carbocycles. The minimum absolute atomic E-state index is 0.361. The van der Waals surface area contributed by atoms with E-state index >= 15 is 0 Å². The van der Waals surface area contributed by atoms with E-state index < -0.39 is 24.5 Å². The number of hydrazone groups is 1. The predicted molar refractivity (Wildman–Crippen MR) is 112 cm³/mol. The number of carbonyl (C=O) groups is 2. The summed E-state index contributed by atoms with van der Waals surface area (Å²) in [5, 5.41) is 5.64. The fourth-order valence-corrected chi connectivity index (χ4v) is 3.27. The summed E-state index contributed by atoms with van der Waals surface area (Å²) >= 11 is 0. The first kappa shape index (κ1) is 21.2. The summed E-state index contributed by atoms with van der Waals surface area (Å²) in [5.74, 6) is 0.908. The van der Waals surface area contributed by atoms with Gasteiger partial charge in [0.1, 0.15) is 23.3 Å². The zero-order chi connectivity index (χ0) is 22.3. The van der Waals surface area contributed by atoms with Gasteiger partial charge in [-0.05, 0) is 43.3 Å². The van der Waals surface area contributed by atoms with Gasteiger partial charge in [-0.3, -0.25) is 4.79 Å². The largest absolute Gasteiger partial charge is 0.490 e. The quantitative estimate of drug-likeness (QED) is 0.471. The lowest BCUT2D eigenvalue weighted by atomic mass is 10.1. The molecule has 0 bridgehead atoms. The van der Waals surface area contributed by atoms with E-state index in [2.05, 4.69) is 5.10 Å². The highest BCUT2D eigenvalue weighted by atomic mass is 16.6. The maximum atomic E-state index is 12.8. The molecule has 0 radical (unpaired) electrons. The topological polar surface area (TPSA) is 104 Å². The number of hydrogen-bond acceptors (Lipinski definition) is 8. The van der Waals surface area contributed by atoms with Crippen molar-refractivity contribution in [2.24, 2.45) is 5.10 Å². The highest BCUT2D eigenvalue weighted by Gasteiger charge is 2.36. The molecule has 1 unspecified atom stereocenters. The van der Waals surface area contributed by atoms with E-state index in [9.17, 15) is 9.59 Å². The third-order valence-corrected chi connectivity index (χ3v) is 4.69. The Balaban J connectivity index is 1.36. The maximum absolute atomic E-state index is 12.8. The molecule has 1 aliphatic rings. The number of furan rings is 2. The average molecular weight is 438 g/mol. The Kier molecular flexibility index (Phi) is 6.54. The first-order valence-electron chi connectivity index (χ1n) is 10.1. The van der Waals surface area contributed by atoms with E-state index in [0.717, 1.165) is 0 Å². The minimum Gasteiger partial charge on any atom is -0.490 e. The molecule has 1 amide bonds. The summed E-state index contributed by atoms with van der Waals surface area (Å²) in [4.78, 5) is 24.9. The summed E-state index contributed by atoms with van der Waals surface area (Å²) in [5.41, 5.74) is 0.604. The van der Waals surface area contributed by atoms with Crippen LogP contribution in [0.25, 0.3) is 0 Å². The molecule has 0 fully saturated rings. The summed E-state index contributed by atoms with van der Waals surface area (Å²) < 4.78 is 26.9. The van der Waals surface area contributed by atoms with Crippen molar-refractivity contribution in [3.63, 3.8) is 0 Å². The van der Waals surface area contributed by atoms with E-state index in [1.54, 1.807) is 48.5 Å². The third-order valence-electron chi connectivity index (χ3n) is 4.69. The monoisotopic (exact) mass is 438 g/mol. The molecule has 0 N–H and O–H groups in total. The number of amides is 1. The Bertz CT molecular complexity index is 1070. The molecule has 9 heteroatoms. The second-order valence-electron chi connectivity index (χ2n) is 6.83. The van der Waals surface area contributed by atoms with Gasteiger partial charge in [0.25, 0.3) is 5.91 Å². The Labute approximate surface area is 184 Å². The highest BCUT2D eigenvalue weighted by molar-refractivity contribution is 6.01. The summed E-state index contributed by atoms with van der Waals surface area (Å²) in [6.45, 7) is 1.47. The standard InChI is InChI=1S/C23H22N2O7/c1-2-28-20-7-3-4-8-21(20)31-15-23(27)32-14-22(26)25-17(19-10-6-12-30-19)13-16(24-25)18-9-5-11-29-18/h3-12,17H,2,13-15H2,1H3. The van der Waals surface area contributed by atoms with E-state index in [4.69, 9.17) is 23.0 Å². The van der Waals surface area contributed by atoms with Crippen molar-refractivity contribution < 1.29 is 32.6 Å². The molecule has 0 saturated heterocycles. The fraction of sp³-hybridized carbons (Fsp3) is 0.261. The van der Waals surface area contributed by atoms with Crippen LogP contribution in [0.1, 0.15) is 30.9 Å². The summed E-state index contributed by atoms with van der Waals surface area (Å²) in [6, 6.07) is 13.6. The summed E-state index contributed by atoms with van der Waals surface area (Å²) in [7, 11) is 0. The van der Waals surface area contributed by atoms with Crippen LogP contribution in [0.3, 0.4) is 0 Å². The average Bonchev–Trinajstić information content (AvgIpc) is 3.57. The lowest BCUT2D eigenvalue weighted by Gasteiger charge is -2.19. The molecule has 32 heavy (non-hydrogen) atoms. The molecular weight excluding hydrogens is 416 g/mol. The fourth-order valence-electron chi connectivity index (χ4n) is 3.27. The van der Waals surface area contributed by atoms with Crippen LogP contribution in [0.15, 0.2) is 75.0 Å². The van der Waals surface area contributed by atoms with E-state index in [0.29, 0.717) is 41.8 Å². The van der Waals surface area contributed by atoms with Gasteiger partial charge in [0.15, 0.2) is 24.7 Å². The van der Waals surface area contributed by atoms with Crippen molar-refractivity contribution in [1.82, 2.24) is 5.01 Å². The van der Waals surface area contributed by atoms with Crippen LogP contribution in [0, 0.1) is 0 Å². The van der Waals surface area contributed by atoms with Gasteiger partial charge in [-0.2, -0.15) is 5.10 Å². The van der Waals surface area contributed by atoms with Crippen molar-refractivity contribution in [2.75, 3.05) is 19.8 Å². The van der Waals surface area contributed by atoms with Crippen molar-refractivity contribution in [3.05, 3.63) is 72.6 Å². The zero-order valence-electron chi connectivity index (χ0n) is 17.4. The van der Waals surface area contributed by atoms with Crippen LogP contribution < -0.4 is 9.47 Å². The number of ether oxygens (including phenoxy) is 3. The lowest BCUT2D eigenvalue weighted by Crippen LogP contribution is -2.32. The third kappa shape index (κ3) is 4.83. The molecule has 0 spiro atoms.